The van der Waals surface area contributed by atoms with Crippen LogP contribution in [0, 0.1) is 5.21 Å². The lowest BCUT2D eigenvalue weighted by atomic mass is 10.3. The van der Waals surface area contributed by atoms with Crippen molar-refractivity contribution in [3.8, 4) is 0 Å². The van der Waals surface area contributed by atoms with E-state index in [1.165, 1.54) is 17.6 Å². The van der Waals surface area contributed by atoms with Gasteiger partial charge in [0.15, 0.2) is 0 Å². The SMILES string of the molecule is O=C(c1cccs1)N([O-])N=Cc1ccncc1. The number of carbonyl (C=O) groups is 1. The van der Waals surface area contributed by atoms with Gasteiger partial charge in [-0.05, 0) is 29.1 Å². The number of amides is 1. The van der Waals surface area contributed by atoms with Crippen molar-refractivity contribution in [1.82, 2.24) is 10.2 Å². The summed E-state index contributed by atoms with van der Waals surface area (Å²) >= 11 is 1.21. The third-order valence-corrected chi connectivity index (χ3v) is 2.78. The number of nitrogens with zero attached hydrogens (tertiary/aromatic N) is 3. The molecule has 6 heteroatoms. The molecule has 0 fully saturated rings. The third kappa shape index (κ3) is 2.96. The number of pyridine rings is 1. The second-order valence-corrected chi connectivity index (χ2v) is 4.03. The Kier molecular flexibility index (Phi) is 3.59. The molecule has 0 aliphatic carbocycles. The van der Waals surface area contributed by atoms with Gasteiger partial charge in [0.05, 0.1) is 11.1 Å². The summed E-state index contributed by atoms with van der Waals surface area (Å²) in [5.74, 6) is -0.662. The van der Waals surface area contributed by atoms with Crippen molar-refractivity contribution < 1.29 is 4.79 Å². The molecular formula is C11H8N3O2S-. The average Bonchev–Trinajstić information content (AvgIpc) is 2.90. The summed E-state index contributed by atoms with van der Waals surface area (Å²) in [4.78, 5) is 15.7. The lowest BCUT2D eigenvalue weighted by Gasteiger charge is -2.20. The minimum Gasteiger partial charge on any atom is -0.735 e. The lowest BCUT2D eigenvalue weighted by molar-refractivity contribution is 0.0831. The van der Waals surface area contributed by atoms with Crippen LogP contribution in [-0.4, -0.2) is 22.3 Å². The van der Waals surface area contributed by atoms with E-state index >= 15 is 0 Å². The van der Waals surface area contributed by atoms with Gasteiger partial charge in [0.1, 0.15) is 0 Å². The van der Waals surface area contributed by atoms with E-state index in [2.05, 4.69) is 10.1 Å². The maximum Gasteiger partial charge on any atom is 0.273 e. The summed E-state index contributed by atoms with van der Waals surface area (Å²) in [5.41, 5.74) is 0.708. The van der Waals surface area contributed by atoms with Gasteiger partial charge in [-0.15, -0.1) is 11.3 Å². The zero-order valence-electron chi connectivity index (χ0n) is 8.69. The van der Waals surface area contributed by atoms with Gasteiger partial charge in [-0.3, -0.25) is 15.0 Å². The van der Waals surface area contributed by atoms with Crippen molar-refractivity contribution in [2.75, 3.05) is 0 Å². The lowest BCUT2D eigenvalue weighted by Crippen LogP contribution is -2.18. The average molecular weight is 246 g/mol. The highest BCUT2D eigenvalue weighted by atomic mass is 32.1. The van der Waals surface area contributed by atoms with E-state index in [1.54, 1.807) is 42.0 Å². The molecule has 5 nitrogen and oxygen atoms in total. The molecular weight excluding hydrogens is 238 g/mol. The summed E-state index contributed by atoms with van der Waals surface area (Å²) in [6, 6.07) is 6.66. The van der Waals surface area contributed by atoms with Crippen LogP contribution in [0.25, 0.3) is 0 Å². The first-order valence-corrected chi connectivity index (χ1v) is 5.64. The van der Waals surface area contributed by atoms with Crippen molar-refractivity contribution >= 4 is 23.5 Å². The topological polar surface area (TPSA) is 68.6 Å². The van der Waals surface area contributed by atoms with E-state index in [4.69, 9.17) is 0 Å². The smallest absolute Gasteiger partial charge is 0.273 e. The summed E-state index contributed by atoms with van der Waals surface area (Å²) in [5, 5.41) is 16.7. The van der Waals surface area contributed by atoms with E-state index < -0.39 is 5.91 Å². The third-order valence-electron chi connectivity index (χ3n) is 1.92. The number of hydroxylamine groups is 1. The summed E-state index contributed by atoms with van der Waals surface area (Å²) in [6.45, 7) is 0. The number of aromatic nitrogens is 1. The summed E-state index contributed by atoms with van der Waals surface area (Å²) in [6.07, 6.45) is 4.48. The molecule has 2 aromatic rings. The number of hydrogen-bond donors (Lipinski definition) is 0. The van der Waals surface area contributed by atoms with Crippen LogP contribution in [0.5, 0.6) is 0 Å². The predicted molar refractivity (Wildman–Crippen MR) is 65.7 cm³/mol. The second kappa shape index (κ2) is 5.33. The Morgan fingerprint density at radius 2 is 2.18 bits per heavy atom. The van der Waals surface area contributed by atoms with Crippen molar-refractivity contribution in [2.45, 2.75) is 0 Å². The van der Waals surface area contributed by atoms with Gasteiger partial charge in [-0.2, -0.15) is 5.10 Å². The number of rotatable bonds is 3. The van der Waals surface area contributed by atoms with E-state index in [0.29, 0.717) is 10.4 Å². The van der Waals surface area contributed by atoms with Crippen molar-refractivity contribution in [2.24, 2.45) is 5.10 Å². The number of hydrazone groups is 1. The zero-order chi connectivity index (χ0) is 12.1. The van der Waals surface area contributed by atoms with Gasteiger partial charge in [0, 0.05) is 12.4 Å². The van der Waals surface area contributed by atoms with E-state index in [0.717, 1.165) is 0 Å². The molecule has 86 valence electrons. The largest absolute Gasteiger partial charge is 0.735 e. The molecule has 17 heavy (non-hydrogen) atoms. The van der Waals surface area contributed by atoms with Crippen LogP contribution in [0.4, 0.5) is 0 Å². The Morgan fingerprint density at radius 3 is 2.82 bits per heavy atom. The Balaban J connectivity index is 2.05. The monoisotopic (exact) mass is 246 g/mol. The van der Waals surface area contributed by atoms with Crippen LogP contribution in [0.3, 0.4) is 0 Å². The predicted octanol–water partition coefficient (Wildman–Crippen LogP) is 2.12. The molecule has 0 atom stereocenters. The molecule has 2 rings (SSSR count). The highest BCUT2D eigenvalue weighted by Gasteiger charge is 2.06. The number of hydrogen-bond acceptors (Lipinski definition) is 5. The highest BCUT2D eigenvalue weighted by Crippen LogP contribution is 2.11. The quantitative estimate of drug-likeness (QED) is 0.615. The molecule has 0 saturated carbocycles. The molecule has 0 unspecified atom stereocenters. The van der Waals surface area contributed by atoms with Crippen LogP contribution < -0.4 is 0 Å². The van der Waals surface area contributed by atoms with Gasteiger partial charge in [-0.25, -0.2) is 0 Å². The first kappa shape index (κ1) is 11.4. The minimum absolute atomic E-state index is 0.0757. The first-order chi connectivity index (χ1) is 8.27. The molecule has 0 saturated heterocycles. The van der Waals surface area contributed by atoms with Gasteiger partial charge < -0.3 is 5.21 Å². The summed E-state index contributed by atoms with van der Waals surface area (Å²) < 4.78 is 0. The van der Waals surface area contributed by atoms with Gasteiger partial charge in [0.2, 0.25) is 0 Å². The first-order valence-electron chi connectivity index (χ1n) is 4.76. The van der Waals surface area contributed by atoms with Gasteiger partial charge in [-0.1, -0.05) is 6.07 Å². The van der Waals surface area contributed by atoms with Crippen molar-refractivity contribution in [1.29, 1.82) is 0 Å². The van der Waals surface area contributed by atoms with Crippen LogP contribution in [0.1, 0.15) is 15.2 Å². The minimum atomic E-state index is -0.662. The highest BCUT2D eigenvalue weighted by molar-refractivity contribution is 7.12. The van der Waals surface area contributed by atoms with Crippen molar-refractivity contribution in [3.63, 3.8) is 0 Å². The number of carbonyl (C=O) groups excluding carboxylic acids is 1. The van der Waals surface area contributed by atoms with Crippen LogP contribution in [-0.2, 0) is 0 Å². The maximum absolute atomic E-state index is 11.5. The Bertz CT molecular complexity index is 511. The van der Waals surface area contributed by atoms with Crippen LogP contribution in [0.2, 0.25) is 0 Å². The fraction of sp³-hybridized carbons (Fsp3) is 0. The molecule has 1 amide bonds. The molecule has 0 bridgehead atoms. The Labute approximate surface area is 102 Å². The van der Waals surface area contributed by atoms with E-state index in [9.17, 15) is 10.0 Å². The molecule has 0 N–H and O–H groups in total. The zero-order valence-corrected chi connectivity index (χ0v) is 9.50. The molecule has 2 aromatic heterocycles. The second-order valence-electron chi connectivity index (χ2n) is 3.08. The molecule has 2 heterocycles. The fourth-order valence-corrected chi connectivity index (χ4v) is 1.76. The normalized spacial score (nSPS) is 10.6. The van der Waals surface area contributed by atoms with Crippen LogP contribution in [0.15, 0.2) is 47.1 Å². The van der Waals surface area contributed by atoms with E-state index in [-0.39, 0.29) is 5.17 Å². The Hall–Kier alpha value is -2.05. The standard InChI is InChI=1S/C11H8N3O2S/c15-11(10-2-1-7-17-10)14(16)13-8-9-3-5-12-6-4-9/h1-8H/q-1. The molecule has 0 aliphatic heterocycles. The maximum atomic E-state index is 11.5. The number of thiophene rings is 1. The van der Waals surface area contributed by atoms with E-state index in [1.807, 2.05) is 0 Å². The molecule has 0 radical (unpaired) electrons. The van der Waals surface area contributed by atoms with Crippen LogP contribution >= 0.6 is 11.3 Å². The fourth-order valence-electron chi connectivity index (χ4n) is 1.12. The molecule has 0 aliphatic rings. The molecule has 0 aromatic carbocycles. The van der Waals surface area contributed by atoms with Gasteiger partial charge >= 0.3 is 0 Å². The van der Waals surface area contributed by atoms with Gasteiger partial charge in [0.25, 0.3) is 5.91 Å². The van der Waals surface area contributed by atoms with Crippen molar-refractivity contribution in [3.05, 3.63) is 57.7 Å². The summed E-state index contributed by atoms with van der Waals surface area (Å²) in [7, 11) is 0. The molecule has 0 spiro atoms. The Morgan fingerprint density at radius 1 is 1.41 bits per heavy atom.